The van der Waals surface area contributed by atoms with Crippen molar-refractivity contribution in [3.8, 4) is 6.07 Å². The Morgan fingerprint density at radius 1 is 1.03 bits per heavy atom. The van der Waals surface area contributed by atoms with E-state index >= 15 is 0 Å². The van der Waals surface area contributed by atoms with Gasteiger partial charge in [-0.3, -0.25) is 14.9 Å². The third-order valence-electron chi connectivity index (χ3n) is 6.11. The maximum absolute atomic E-state index is 12.9. The van der Waals surface area contributed by atoms with Crippen molar-refractivity contribution in [3.05, 3.63) is 123 Å². The summed E-state index contributed by atoms with van der Waals surface area (Å²) in [5.74, 6) is -0.712. The molecule has 7 nitrogen and oxygen atoms in total. The number of nitro benzene ring substituents is 1. The maximum Gasteiger partial charge on any atom is 0.271 e. The minimum absolute atomic E-state index is 0.0559. The molecule has 1 amide bonds. The van der Waals surface area contributed by atoms with Gasteiger partial charge >= 0.3 is 0 Å². The first-order chi connectivity index (χ1) is 17.9. The van der Waals surface area contributed by atoms with Gasteiger partial charge in [-0.1, -0.05) is 72.3 Å². The van der Waals surface area contributed by atoms with E-state index in [9.17, 15) is 20.2 Å². The van der Waals surface area contributed by atoms with Crippen LogP contribution in [0.4, 0.5) is 11.4 Å². The van der Waals surface area contributed by atoms with E-state index in [-0.39, 0.29) is 22.0 Å². The van der Waals surface area contributed by atoms with Crippen molar-refractivity contribution in [2.24, 2.45) is 0 Å². The number of nitrogens with one attached hydrogen (secondary N) is 1. The van der Waals surface area contributed by atoms with Crippen molar-refractivity contribution in [1.29, 1.82) is 5.26 Å². The average Bonchev–Trinajstić information content (AvgIpc) is 3.25. The number of nitro groups is 1. The zero-order valence-corrected chi connectivity index (χ0v) is 20.1. The highest BCUT2D eigenvalue weighted by atomic mass is 35.5. The molecule has 5 aromatic rings. The molecule has 0 aliphatic heterocycles. The number of halogens is 1. The minimum atomic E-state index is -0.712. The molecule has 0 unspecified atom stereocenters. The first-order valence-electron chi connectivity index (χ1n) is 11.4. The summed E-state index contributed by atoms with van der Waals surface area (Å²) in [5.41, 5.74) is 2.48. The van der Waals surface area contributed by atoms with Crippen molar-refractivity contribution in [2.45, 2.75) is 6.54 Å². The van der Waals surface area contributed by atoms with Gasteiger partial charge in [0.25, 0.3) is 11.6 Å². The lowest BCUT2D eigenvalue weighted by atomic mass is 10.0. The van der Waals surface area contributed by atoms with Gasteiger partial charge in [-0.05, 0) is 34.5 Å². The Morgan fingerprint density at radius 2 is 1.76 bits per heavy atom. The quantitative estimate of drug-likeness (QED) is 0.116. The Hall–Kier alpha value is -4.93. The molecule has 8 heteroatoms. The molecular weight excluding hydrogens is 488 g/mol. The lowest BCUT2D eigenvalue weighted by Gasteiger charge is -2.09. The molecule has 1 heterocycles. The van der Waals surface area contributed by atoms with Gasteiger partial charge in [-0.2, -0.15) is 5.26 Å². The summed E-state index contributed by atoms with van der Waals surface area (Å²) in [7, 11) is 0. The number of anilines is 1. The van der Waals surface area contributed by atoms with Crippen molar-refractivity contribution < 1.29 is 9.72 Å². The van der Waals surface area contributed by atoms with E-state index in [2.05, 4.69) is 34.1 Å². The van der Waals surface area contributed by atoms with E-state index in [4.69, 9.17) is 11.6 Å². The number of nitrogens with zero attached hydrogens (tertiary/aromatic N) is 3. The Labute approximate surface area is 217 Å². The molecule has 0 bridgehead atoms. The molecule has 5 rings (SSSR count). The second-order valence-electron chi connectivity index (χ2n) is 8.41. The third kappa shape index (κ3) is 4.79. The van der Waals surface area contributed by atoms with Gasteiger partial charge < -0.3 is 9.88 Å². The van der Waals surface area contributed by atoms with Gasteiger partial charge in [0.2, 0.25) is 0 Å². The highest BCUT2D eigenvalue weighted by molar-refractivity contribution is 6.34. The number of hydrogen-bond acceptors (Lipinski definition) is 4. The molecule has 0 saturated heterocycles. The van der Waals surface area contributed by atoms with Crippen LogP contribution in [-0.4, -0.2) is 15.4 Å². The van der Waals surface area contributed by atoms with E-state index in [1.165, 1.54) is 18.2 Å². The number of carbonyl (C=O) groups is 1. The average molecular weight is 507 g/mol. The summed E-state index contributed by atoms with van der Waals surface area (Å²) in [4.78, 5) is 23.4. The van der Waals surface area contributed by atoms with Crippen LogP contribution < -0.4 is 5.32 Å². The second-order valence-corrected chi connectivity index (χ2v) is 8.82. The molecule has 180 valence electrons. The highest BCUT2D eigenvalue weighted by Gasteiger charge is 2.16. The fourth-order valence-corrected chi connectivity index (χ4v) is 4.52. The summed E-state index contributed by atoms with van der Waals surface area (Å²) in [6.45, 7) is 0.604. The van der Waals surface area contributed by atoms with Crippen LogP contribution in [0.3, 0.4) is 0 Å². The molecule has 0 radical (unpaired) electrons. The van der Waals surface area contributed by atoms with Gasteiger partial charge in [0.05, 0.1) is 15.6 Å². The molecule has 4 aromatic carbocycles. The van der Waals surface area contributed by atoms with Gasteiger partial charge in [0.15, 0.2) is 0 Å². The topological polar surface area (TPSA) is 101 Å². The molecule has 0 aliphatic carbocycles. The molecule has 0 aliphatic rings. The SMILES string of the molecule is N#C/C(=C\c1cn(Cc2cccc3ccccc23)c2ccccc12)C(=O)Nc1cc([N+](=O)[O-])ccc1Cl. The van der Waals surface area contributed by atoms with Crippen LogP contribution in [0.25, 0.3) is 27.8 Å². The number of carbonyl (C=O) groups excluding carboxylic acids is 1. The fraction of sp³-hybridized carbons (Fsp3) is 0.0345. The number of hydrogen-bond donors (Lipinski definition) is 1. The fourth-order valence-electron chi connectivity index (χ4n) is 4.35. The normalized spacial score (nSPS) is 11.4. The zero-order valence-electron chi connectivity index (χ0n) is 19.4. The van der Waals surface area contributed by atoms with Crippen molar-refractivity contribution in [1.82, 2.24) is 4.57 Å². The Bertz CT molecular complexity index is 1760. The molecular formula is C29H19ClN4O3. The van der Waals surface area contributed by atoms with Crippen LogP contribution in [0.1, 0.15) is 11.1 Å². The smallest absolute Gasteiger partial charge is 0.271 e. The monoisotopic (exact) mass is 506 g/mol. The number of rotatable bonds is 6. The van der Waals surface area contributed by atoms with Crippen LogP contribution in [-0.2, 0) is 11.3 Å². The number of benzene rings is 4. The number of aromatic nitrogens is 1. The first-order valence-corrected chi connectivity index (χ1v) is 11.7. The molecule has 0 fully saturated rings. The second kappa shape index (κ2) is 9.97. The minimum Gasteiger partial charge on any atom is -0.342 e. The molecule has 37 heavy (non-hydrogen) atoms. The lowest BCUT2D eigenvalue weighted by Crippen LogP contribution is -2.14. The Kier molecular flexibility index (Phi) is 6.42. The molecule has 1 N–H and O–H groups in total. The molecule has 0 saturated carbocycles. The van der Waals surface area contributed by atoms with E-state index in [1.54, 1.807) is 0 Å². The standard InChI is InChI=1S/C29H19ClN4O3/c30-26-13-12-23(34(36)37)15-27(26)32-29(35)21(16-31)14-22-18-33(28-11-4-3-10-25(22)28)17-20-8-5-7-19-6-1-2-9-24(19)20/h1-15,18H,17H2,(H,32,35)/b21-14+. The maximum atomic E-state index is 12.9. The number of para-hydroxylation sites is 1. The Balaban J connectivity index is 1.51. The van der Waals surface area contributed by atoms with Gasteiger partial charge in [-0.25, -0.2) is 0 Å². The lowest BCUT2D eigenvalue weighted by molar-refractivity contribution is -0.384. The summed E-state index contributed by atoms with van der Waals surface area (Å²) < 4.78 is 2.09. The summed E-state index contributed by atoms with van der Waals surface area (Å²) >= 11 is 6.11. The van der Waals surface area contributed by atoms with Crippen molar-refractivity contribution >= 4 is 56.6 Å². The predicted molar refractivity (Wildman–Crippen MR) is 145 cm³/mol. The third-order valence-corrected chi connectivity index (χ3v) is 6.44. The molecule has 1 aromatic heterocycles. The van der Waals surface area contributed by atoms with Crippen LogP contribution in [0.5, 0.6) is 0 Å². The molecule has 0 atom stereocenters. The zero-order chi connectivity index (χ0) is 25.9. The van der Waals surface area contributed by atoms with E-state index in [0.29, 0.717) is 12.1 Å². The van der Waals surface area contributed by atoms with Crippen LogP contribution in [0, 0.1) is 21.4 Å². The van der Waals surface area contributed by atoms with E-state index in [0.717, 1.165) is 33.3 Å². The summed E-state index contributed by atoms with van der Waals surface area (Å²) in [6, 6.07) is 27.8. The van der Waals surface area contributed by atoms with E-state index < -0.39 is 10.8 Å². The first kappa shape index (κ1) is 23.8. The summed E-state index contributed by atoms with van der Waals surface area (Å²) in [5, 5.41) is 26.7. The van der Waals surface area contributed by atoms with E-state index in [1.807, 2.05) is 54.7 Å². The van der Waals surface area contributed by atoms with Crippen molar-refractivity contribution in [3.63, 3.8) is 0 Å². The number of nitriles is 1. The van der Waals surface area contributed by atoms with Crippen LogP contribution in [0.15, 0.2) is 96.7 Å². The number of fused-ring (bicyclic) bond motifs is 2. The van der Waals surface area contributed by atoms with Crippen LogP contribution in [0.2, 0.25) is 5.02 Å². The molecule has 0 spiro atoms. The van der Waals surface area contributed by atoms with Gasteiger partial charge in [0.1, 0.15) is 11.6 Å². The number of amides is 1. The van der Waals surface area contributed by atoms with Gasteiger partial charge in [-0.15, -0.1) is 0 Å². The van der Waals surface area contributed by atoms with Crippen LogP contribution >= 0.6 is 11.6 Å². The number of non-ortho nitro benzene ring substituents is 1. The summed E-state index contributed by atoms with van der Waals surface area (Å²) in [6.07, 6.45) is 3.43. The predicted octanol–water partition coefficient (Wildman–Crippen LogP) is 6.95. The van der Waals surface area contributed by atoms with Crippen molar-refractivity contribution in [2.75, 3.05) is 5.32 Å². The highest BCUT2D eigenvalue weighted by Crippen LogP contribution is 2.29. The van der Waals surface area contributed by atoms with Gasteiger partial charge in [0, 0.05) is 41.3 Å². The largest absolute Gasteiger partial charge is 0.342 e. The Morgan fingerprint density at radius 3 is 2.54 bits per heavy atom.